The minimum atomic E-state index is -0.927. The molecular weight excluding hydrogens is 332 g/mol. The average Bonchev–Trinajstić information content (AvgIpc) is 2.28. The molecule has 0 saturated heterocycles. The molecular formula is C14H18BrClO3. The van der Waals surface area contributed by atoms with Gasteiger partial charge in [0.15, 0.2) is 0 Å². The van der Waals surface area contributed by atoms with Crippen LogP contribution in [0.1, 0.15) is 39.4 Å². The Morgan fingerprint density at radius 2 is 2.00 bits per heavy atom. The van der Waals surface area contributed by atoms with Crippen molar-refractivity contribution in [2.45, 2.75) is 39.4 Å². The highest BCUT2D eigenvalue weighted by Gasteiger charge is 2.28. The molecule has 19 heavy (non-hydrogen) atoms. The van der Waals surface area contributed by atoms with E-state index in [0.717, 1.165) is 0 Å². The number of benzene rings is 1. The van der Waals surface area contributed by atoms with Gasteiger partial charge in [-0.15, -0.1) is 0 Å². The Labute approximate surface area is 127 Å². The molecule has 1 N–H and O–H groups in total. The summed E-state index contributed by atoms with van der Waals surface area (Å²) in [5.74, 6) is -1.07. The number of halogens is 2. The lowest BCUT2D eigenvalue weighted by atomic mass is 9.97. The molecule has 5 heteroatoms. The predicted octanol–water partition coefficient (Wildman–Crippen LogP) is 4.11. The summed E-state index contributed by atoms with van der Waals surface area (Å²) < 4.78 is 5.94. The Hall–Kier alpha value is -0.580. The van der Waals surface area contributed by atoms with Gasteiger partial charge in [0, 0.05) is 4.47 Å². The van der Waals surface area contributed by atoms with Gasteiger partial charge in [-0.25, -0.2) is 0 Å². The number of carbonyl (C=O) groups excluding carboxylic acids is 1. The summed E-state index contributed by atoms with van der Waals surface area (Å²) in [6.07, 6.45) is -0.927. The molecule has 1 rings (SSSR count). The molecule has 0 aliphatic carbocycles. The van der Waals surface area contributed by atoms with Gasteiger partial charge in [-0.3, -0.25) is 4.79 Å². The molecule has 1 aromatic carbocycles. The van der Waals surface area contributed by atoms with Crippen molar-refractivity contribution in [3.8, 4) is 0 Å². The standard InChI is InChI=1S/C14H18BrClO3/c1-8(13(18)19-14(2,3)4)12(17)9-5-6-11(16)10(15)7-9/h5-8,12,17H,1-4H3. The predicted molar refractivity (Wildman–Crippen MR) is 79.1 cm³/mol. The van der Waals surface area contributed by atoms with E-state index in [1.54, 1.807) is 45.9 Å². The van der Waals surface area contributed by atoms with Crippen LogP contribution in [0.25, 0.3) is 0 Å². The number of carbonyl (C=O) groups is 1. The molecule has 0 spiro atoms. The second-order valence-corrected chi connectivity index (χ2v) is 6.70. The summed E-state index contributed by atoms with van der Waals surface area (Å²) >= 11 is 9.18. The van der Waals surface area contributed by atoms with Gasteiger partial charge in [0.05, 0.1) is 17.0 Å². The first-order valence-corrected chi connectivity index (χ1v) is 7.15. The van der Waals surface area contributed by atoms with E-state index in [4.69, 9.17) is 16.3 Å². The fourth-order valence-corrected chi connectivity index (χ4v) is 2.02. The molecule has 0 fully saturated rings. The molecule has 0 radical (unpaired) electrons. The van der Waals surface area contributed by atoms with E-state index in [0.29, 0.717) is 15.1 Å². The third-order valence-electron chi connectivity index (χ3n) is 2.54. The van der Waals surface area contributed by atoms with E-state index in [2.05, 4.69) is 15.9 Å². The minimum absolute atomic E-state index is 0.425. The molecule has 1 aromatic rings. The maximum Gasteiger partial charge on any atom is 0.312 e. The van der Waals surface area contributed by atoms with E-state index in [-0.39, 0.29) is 0 Å². The fourth-order valence-electron chi connectivity index (χ4n) is 1.51. The summed E-state index contributed by atoms with van der Waals surface area (Å²) in [5, 5.41) is 10.8. The van der Waals surface area contributed by atoms with Crippen LogP contribution in [0.4, 0.5) is 0 Å². The van der Waals surface area contributed by atoms with E-state index in [1.807, 2.05) is 0 Å². The van der Waals surface area contributed by atoms with E-state index in [1.165, 1.54) is 0 Å². The first-order valence-electron chi connectivity index (χ1n) is 5.97. The van der Waals surface area contributed by atoms with Gasteiger partial charge in [0.1, 0.15) is 5.60 Å². The lowest BCUT2D eigenvalue weighted by Crippen LogP contribution is -2.30. The van der Waals surface area contributed by atoms with Crippen molar-refractivity contribution in [3.05, 3.63) is 33.3 Å². The van der Waals surface area contributed by atoms with E-state index >= 15 is 0 Å². The van der Waals surface area contributed by atoms with Crippen LogP contribution in [0.5, 0.6) is 0 Å². The highest BCUT2D eigenvalue weighted by atomic mass is 79.9. The van der Waals surface area contributed by atoms with Crippen molar-refractivity contribution in [1.82, 2.24) is 0 Å². The molecule has 106 valence electrons. The summed E-state index contributed by atoms with van der Waals surface area (Å²) in [6, 6.07) is 5.07. The van der Waals surface area contributed by atoms with Crippen LogP contribution < -0.4 is 0 Å². The molecule has 0 aliphatic rings. The maximum absolute atomic E-state index is 11.9. The molecule has 0 bridgehead atoms. The van der Waals surface area contributed by atoms with E-state index in [9.17, 15) is 9.90 Å². The Morgan fingerprint density at radius 3 is 2.47 bits per heavy atom. The topological polar surface area (TPSA) is 46.5 Å². The largest absolute Gasteiger partial charge is 0.460 e. The molecule has 3 nitrogen and oxygen atoms in total. The molecule has 0 amide bonds. The first kappa shape index (κ1) is 16.5. The molecule has 2 unspecified atom stereocenters. The van der Waals surface area contributed by atoms with Crippen molar-refractivity contribution in [1.29, 1.82) is 0 Å². The summed E-state index contributed by atoms with van der Waals surface area (Å²) in [5.41, 5.74) is 0.0562. The summed E-state index contributed by atoms with van der Waals surface area (Å²) in [4.78, 5) is 11.9. The Kier molecular flexibility index (Phi) is 5.42. The van der Waals surface area contributed by atoms with Crippen LogP contribution in [-0.4, -0.2) is 16.7 Å². The monoisotopic (exact) mass is 348 g/mol. The molecule has 0 aromatic heterocycles. The number of rotatable bonds is 3. The van der Waals surface area contributed by atoms with Crippen LogP contribution in [0.15, 0.2) is 22.7 Å². The van der Waals surface area contributed by atoms with Crippen molar-refractivity contribution in [2.24, 2.45) is 5.92 Å². The maximum atomic E-state index is 11.9. The molecule has 0 saturated carbocycles. The molecule has 0 heterocycles. The van der Waals surface area contributed by atoms with Gasteiger partial charge >= 0.3 is 5.97 Å². The SMILES string of the molecule is CC(C(=O)OC(C)(C)C)C(O)c1ccc(Cl)c(Br)c1. The van der Waals surface area contributed by atoms with Crippen molar-refractivity contribution < 1.29 is 14.6 Å². The lowest BCUT2D eigenvalue weighted by molar-refractivity contribution is -0.163. The van der Waals surface area contributed by atoms with Crippen molar-refractivity contribution >= 4 is 33.5 Å². The lowest BCUT2D eigenvalue weighted by Gasteiger charge is -2.24. The quantitative estimate of drug-likeness (QED) is 0.835. The second kappa shape index (κ2) is 6.25. The minimum Gasteiger partial charge on any atom is -0.460 e. The van der Waals surface area contributed by atoms with Gasteiger partial charge < -0.3 is 9.84 Å². The Balaban J connectivity index is 2.84. The zero-order valence-electron chi connectivity index (χ0n) is 11.4. The summed E-state index contributed by atoms with van der Waals surface area (Å²) in [7, 11) is 0. The zero-order valence-corrected chi connectivity index (χ0v) is 13.7. The average molecular weight is 350 g/mol. The van der Waals surface area contributed by atoms with Crippen LogP contribution in [0, 0.1) is 5.92 Å². The number of esters is 1. The zero-order chi connectivity index (χ0) is 14.8. The van der Waals surface area contributed by atoms with Gasteiger partial charge in [0.2, 0.25) is 0 Å². The van der Waals surface area contributed by atoms with Gasteiger partial charge in [-0.1, -0.05) is 17.7 Å². The first-order chi connectivity index (χ1) is 8.61. The second-order valence-electron chi connectivity index (χ2n) is 5.44. The Bertz CT molecular complexity index is 468. The third-order valence-corrected chi connectivity index (χ3v) is 3.75. The highest BCUT2D eigenvalue weighted by molar-refractivity contribution is 9.10. The number of ether oxygens (including phenoxy) is 1. The third kappa shape index (κ3) is 4.79. The number of aliphatic hydroxyl groups excluding tert-OH is 1. The number of hydrogen-bond acceptors (Lipinski definition) is 3. The highest BCUT2D eigenvalue weighted by Crippen LogP contribution is 2.30. The van der Waals surface area contributed by atoms with E-state index < -0.39 is 23.6 Å². The van der Waals surface area contributed by atoms with Crippen LogP contribution in [0.2, 0.25) is 5.02 Å². The van der Waals surface area contributed by atoms with Crippen molar-refractivity contribution in [3.63, 3.8) is 0 Å². The molecule has 0 aliphatic heterocycles. The van der Waals surface area contributed by atoms with Crippen LogP contribution in [0.3, 0.4) is 0 Å². The normalized spacial score (nSPS) is 14.9. The number of hydrogen-bond donors (Lipinski definition) is 1. The van der Waals surface area contributed by atoms with Crippen molar-refractivity contribution in [2.75, 3.05) is 0 Å². The number of aliphatic hydroxyl groups is 1. The van der Waals surface area contributed by atoms with Crippen LogP contribution >= 0.6 is 27.5 Å². The Morgan fingerprint density at radius 1 is 1.42 bits per heavy atom. The van der Waals surface area contributed by atoms with Gasteiger partial charge in [0.25, 0.3) is 0 Å². The van der Waals surface area contributed by atoms with Crippen LogP contribution in [-0.2, 0) is 9.53 Å². The van der Waals surface area contributed by atoms with Gasteiger partial charge in [-0.2, -0.15) is 0 Å². The summed E-state index contributed by atoms with van der Waals surface area (Å²) in [6.45, 7) is 7.02. The fraction of sp³-hybridized carbons (Fsp3) is 0.500. The molecule has 2 atom stereocenters. The smallest absolute Gasteiger partial charge is 0.312 e. The van der Waals surface area contributed by atoms with Gasteiger partial charge in [-0.05, 0) is 61.3 Å².